The van der Waals surface area contributed by atoms with Crippen LogP contribution in [0.1, 0.15) is 51.8 Å². The molecule has 4 heteroatoms. The van der Waals surface area contributed by atoms with E-state index in [9.17, 15) is 0 Å². The van der Waals surface area contributed by atoms with Crippen molar-refractivity contribution in [3.63, 3.8) is 0 Å². The van der Waals surface area contributed by atoms with E-state index in [-0.39, 0.29) is 5.54 Å². The normalized spacial score (nSPS) is 26.7. The average molecular weight is 278 g/mol. The van der Waals surface area contributed by atoms with Crippen LogP contribution < -0.4 is 5.73 Å². The van der Waals surface area contributed by atoms with Crippen LogP contribution in [0.2, 0.25) is 0 Å². The van der Waals surface area contributed by atoms with E-state index in [1.54, 1.807) is 0 Å². The summed E-state index contributed by atoms with van der Waals surface area (Å²) in [7, 11) is 4.27. The molecule has 1 aliphatic carbocycles. The van der Waals surface area contributed by atoms with Crippen molar-refractivity contribution in [2.45, 2.75) is 58.0 Å². The lowest BCUT2D eigenvalue weighted by Crippen LogP contribution is -2.51. The molecule has 0 saturated heterocycles. The van der Waals surface area contributed by atoms with E-state index in [2.05, 4.69) is 42.4 Å². The van der Waals surface area contributed by atoms with Gasteiger partial charge in [0.05, 0.1) is 6.54 Å². The van der Waals surface area contributed by atoms with Crippen LogP contribution in [-0.4, -0.2) is 33.6 Å². The second-order valence-corrected chi connectivity index (χ2v) is 7.26. The average Bonchev–Trinajstić information content (AvgIpc) is 2.71. The molecule has 0 spiro atoms. The van der Waals surface area contributed by atoms with Gasteiger partial charge in [0, 0.05) is 31.5 Å². The summed E-state index contributed by atoms with van der Waals surface area (Å²) in [5, 5.41) is 0. The highest BCUT2D eigenvalue weighted by atomic mass is 15.2. The van der Waals surface area contributed by atoms with Gasteiger partial charge in [0.15, 0.2) is 0 Å². The Hall–Kier alpha value is -0.870. The molecule has 4 nitrogen and oxygen atoms in total. The summed E-state index contributed by atoms with van der Waals surface area (Å²) in [6, 6.07) is 0. The SMILES string of the molecule is CN(Cc1nccn1C)C1(CN)CCCC(C)(C)CC1. The third-order valence-corrected chi connectivity index (χ3v) is 5.25. The number of aryl methyl sites for hydroxylation is 1. The maximum atomic E-state index is 6.20. The Morgan fingerprint density at radius 1 is 1.30 bits per heavy atom. The van der Waals surface area contributed by atoms with Gasteiger partial charge in [-0.2, -0.15) is 0 Å². The molecule has 1 fully saturated rings. The zero-order valence-corrected chi connectivity index (χ0v) is 13.5. The van der Waals surface area contributed by atoms with Crippen molar-refractivity contribution in [2.75, 3.05) is 13.6 Å². The van der Waals surface area contributed by atoms with Crippen LogP contribution in [-0.2, 0) is 13.6 Å². The van der Waals surface area contributed by atoms with Crippen LogP contribution >= 0.6 is 0 Å². The number of rotatable bonds is 4. The molecule has 1 saturated carbocycles. The van der Waals surface area contributed by atoms with Crippen LogP contribution in [0, 0.1) is 5.41 Å². The first-order valence-corrected chi connectivity index (χ1v) is 7.76. The van der Waals surface area contributed by atoms with Gasteiger partial charge in [-0.05, 0) is 38.1 Å². The molecule has 0 amide bonds. The minimum Gasteiger partial charge on any atom is -0.337 e. The molecular weight excluding hydrogens is 248 g/mol. The first-order chi connectivity index (χ1) is 9.38. The molecule has 1 aromatic rings. The molecule has 114 valence electrons. The van der Waals surface area contributed by atoms with Crippen LogP contribution in [0.4, 0.5) is 0 Å². The van der Waals surface area contributed by atoms with Crippen LogP contribution in [0.15, 0.2) is 12.4 Å². The van der Waals surface area contributed by atoms with Crippen molar-refractivity contribution < 1.29 is 0 Å². The molecule has 2 N–H and O–H groups in total. The van der Waals surface area contributed by atoms with Crippen molar-refractivity contribution >= 4 is 0 Å². The third-order valence-electron chi connectivity index (χ3n) is 5.25. The zero-order valence-electron chi connectivity index (χ0n) is 13.5. The molecule has 0 radical (unpaired) electrons. The molecule has 1 heterocycles. The first-order valence-electron chi connectivity index (χ1n) is 7.76. The van der Waals surface area contributed by atoms with Gasteiger partial charge >= 0.3 is 0 Å². The second-order valence-electron chi connectivity index (χ2n) is 7.26. The van der Waals surface area contributed by atoms with Crippen molar-refractivity contribution in [3.05, 3.63) is 18.2 Å². The molecule has 1 aliphatic rings. The van der Waals surface area contributed by atoms with Gasteiger partial charge < -0.3 is 10.3 Å². The Kier molecular flexibility index (Phi) is 4.55. The van der Waals surface area contributed by atoms with E-state index < -0.39 is 0 Å². The Balaban J connectivity index is 2.11. The number of nitrogens with zero attached hydrogens (tertiary/aromatic N) is 3. The Morgan fingerprint density at radius 2 is 2.05 bits per heavy atom. The van der Waals surface area contributed by atoms with Gasteiger partial charge in [-0.15, -0.1) is 0 Å². The quantitative estimate of drug-likeness (QED) is 0.861. The molecule has 1 aromatic heterocycles. The highest BCUT2D eigenvalue weighted by molar-refractivity contribution is 4.98. The lowest BCUT2D eigenvalue weighted by Gasteiger charge is -2.41. The lowest BCUT2D eigenvalue weighted by molar-refractivity contribution is 0.0926. The Labute approximate surface area is 123 Å². The molecule has 0 bridgehead atoms. The van der Waals surface area contributed by atoms with Crippen molar-refractivity contribution in [2.24, 2.45) is 18.2 Å². The fraction of sp³-hybridized carbons (Fsp3) is 0.812. The maximum absolute atomic E-state index is 6.20. The van der Waals surface area contributed by atoms with E-state index >= 15 is 0 Å². The second kappa shape index (κ2) is 5.86. The largest absolute Gasteiger partial charge is 0.337 e. The molecule has 20 heavy (non-hydrogen) atoms. The van der Waals surface area contributed by atoms with Gasteiger partial charge in [0.25, 0.3) is 0 Å². The first kappa shape index (κ1) is 15.5. The van der Waals surface area contributed by atoms with Crippen molar-refractivity contribution in [3.8, 4) is 0 Å². The third kappa shape index (κ3) is 3.23. The van der Waals surface area contributed by atoms with Gasteiger partial charge in [-0.1, -0.05) is 20.3 Å². The molecule has 1 atom stereocenters. The standard InChI is InChI=1S/C16H30N4/c1-15(2)6-5-7-16(13-17,9-8-15)20(4)12-14-18-10-11-19(14)3/h10-11H,5-9,12-13,17H2,1-4H3. The highest BCUT2D eigenvalue weighted by Gasteiger charge is 2.37. The monoisotopic (exact) mass is 278 g/mol. The van der Waals surface area contributed by atoms with Gasteiger partial charge in [0.2, 0.25) is 0 Å². The molecule has 2 rings (SSSR count). The summed E-state index contributed by atoms with van der Waals surface area (Å²) < 4.78 is 2.10. The van der Waals surface area contributed by atoms with E-state index in [0.717, 1.165) is 18.9 Å². The van der Waals surface area contributed by atoms with Gasteiger partial charge in [-0.25, -0.2) is 4.98 Å². The van der Waals surface area contributed by atoms with Crippen molar-refractivity contribution in [1.82, 2.24) is 14.5 Å². The number of imidazole rings is 1. The summed E-state index contributed by atoms with van der Waals surface area (Å²) in [6.45, 7) is 6.39. The van der Waals surface area contributed by atoms with E-state index in [1.807, 2.05) is 12.4 Å². The van der Waals surface area contributed by atoms with Crippen LogP contribution in [0.5, 0.6) is 0 Å². The number of likely N-dealkylation sites (N-methyl/N-ethyl adjacent to an activating group) is 1. The lowest BCUT2D eigenvalue weighted by atomic mass is 9.83. The predicted octanol–water partition coefficient (Wildman–Crippen LogP) is 2.54. The minimum absolute atomic E-state index is 0.139. The highest BCUT2D eigenvalue weighted by Crippen LogP contribution is 2.40. The topological polar surface area (TPSA) is 47.1 Å². The van der Waals surface area contributed by atoms with E-state index in [4.69, 9.17) is 5.73 Å². The number of nitrogens with two attached hydrogens (primary N) is 1. The summed E-state index contributed by atoms with van der Waals surface area (Å²) in [5.41, 5.74) is 6.79. The zero-order chi connectivity index (χ0) is 14.8. The van der Waals surface area contributed by atoms with Crippen LogP contribution in [0.3, 0.4) is 0 Å². The molecule has 0 aromatic carbocycles. The minimum atomic E-state index is 0.139. The summed E-state index contributed by atoms with van der Waals surface area (Å²) in [6.07, 6.45) is 10.1. The van der Waals surface area contributed by atoms with Gasteiger partial charge in [-0.3, -0.25) is 4.90 Å². The summed E-state index contributed by atoms with van der Waals surface area (Å²) in [4.78, 5) is 6.89. The van der Waals surface area contributed by atoms with Gasteiger partial charge in [0.1, 0.15) is 5.82 Å². The predicted molar refractivity (Wildman–Crippen MR) is 83.3 cm³/mol. The number of hydrogen-bond acceptors (Lipinski definition) is 3. The molecule has 1 unspecified atom stereocenters. The fourth-order valence-electron chi connectivity index (χ4n) is 3.39. The molecule has 0 aliphatic heterocycles. The summed E-state index contributed by atoms with van der Waals surface area (Å²) in [5.74, 6) is 1.11. The van der Waals surface area contributed by atoms with Crippen molar-refractivity contribution in [1.29, 1.82) is 0 Å². The Bertz CT molecular complexity index is 437. The van der Waals surface area contributed by atoms with E-state index in [1.165, 1.54) is 32.1 Å². The number of hydrogen-bond donors (Lipinski definition) is 1. The summed E-state index contributed by atoms with van der Waals surface area (Å²) >= 11 is 0. The number of aromatic nitrogens is 2. The maximum Gasteiger partial charge on any atom is 0.122 e. The molecular formula is C16H30N4. The Morgan fingerprint density at radius 3 is 2.65 bits per heavy atom. The fourth-order valence-corrected chi connectivity index (χ4v) is 3.39. The van der Waals surface area contributed by atoms with E-state index in [0.29, 0.717) is 5.41 Å². The smallest absolute Gasteiger partial charge is 0.122 e. The van der Waals surface area contributed by atoms with Crippen LogP contribution in [0.25, 0.3) is 0 Å².